The summed E-state index contributed by atoms with van der Waals surface area (Å²) >= 11 is 0. The molecule has 2 aromatic rings. The lowest BCUT2D eigenvalue weighted by Crippen LogP contribution is -2.66. The fourth-order valence-electron chi connectivity index (χ4n) is 4.96. The van der Waals surface area contributed by atoms with E-state index >= 15 is 0 Å². The first kappa shape index (κ1) is 27.3. The van der Waals surface area contributed by atoms with Gasteiger partial charge in [-0.05, 0) is 38.5 Å². The number of rotatable bonds is 4. The molecule has 6 atom stereocenters. The summed E-state index contributed by atoms with van der Waals surface area (Å²) in [6.45, 7) is 5.88. The molecule has 2 aromatic carbocycles. The molecule has 202 valence electrons. The Morgan fingerprint density at radius 1 is 0.974 bits per heavy atom. The van der Waals surface area contributed by atoms with E-state index in [0.29, 0.717) is 11.1 Å². The average Bonchev–Trinajstić information content (AvgIpc) is 2.80. The lowest BCUT2D eigenvalue weighted by Gasteiger charge is -2.49. The minimum absolute atomic E-state index is 0.172. The molecule has 2 aliphatic rings. The van der Waals surface area contributed by atoms with Crippen molar-refractivity contribution < 1.29 is 54.1 Å². The fourth-order valence-corrected chi connectivity index (χ4v) is 4.96. The predicted molar refractivity (Wildman–Crippen MR) is 129 cm³/mol. The Bertz CT molecular complexity index is 1340. The van der Waals surface area contributed by atoms with Crippen molar-refractivity contribution in [2.45, 2.75) is 64.0 Å². The van der Waals surface area contributed by atoms with E-state index in [1.54, 1.807) is 20.8 Å². The summed E-state index contributed by atoms with van der Waals surface area (Å²) in [5.41, 5.74) is -2.54. The number of phenols is 2. The molecule has 0 unspecified atom stereocenters. The number of carbonyl (C=O) groups excluding carboxylic acids is 3. The zero-order valence-electron chi connectivity index (χ0n) is 21.0. The largest absolute Gasteiger partial charge is 0.507 e. The molecule has 11 nitrogen and oxygen atoms in total. The van der Waals surface area contributed by atoms with E-state index < -0.39 is 65.5 Å². The van der Waals surface area contributed by atoms with Crippen LogP contribution in [0.5, 0.6) is 11.5 Å². The highest BCUT2D eigenvalue weighted by Crippen LogP contribution is 2.50. The third kappa shape index (κ3) is 4.43. The Morgan fingerprint density at radius 3 is 2.26 bits per heavy atom. The molecule has 1 saturated heterocycles. The normalized spacial score (nSPS) is 28.1. The first-order chi connectivity index (χ1) is 17.8. The van der Waals surface area contributed by atoms with Crippen LogP contribution in [0, 0.1) is 6.92 Å². The Morgan fingerprint density at radius 2 is 1.63 bits per heavy atom. The van der Waals surface area contributed by atoms with Gasteiger partial charge in [0.15, 0.2) is 12.2 Å². The maximum atomic E-state index is 13.4. The van der Waals surface area contributed by atoms with Crippen LogP contribution in [0.4, 0.5) is 0 Å². The van der Waals surface area contributed by atoms with Crippen molar-refractivity contribution in [2.24, 2.45) is 0 Å². The average molecular weight is 529 g/mol. The number of fused-ring (bicyclic) bond motifs is 2. The lowest BCUT2D eigenvalue weighted by molar-refractivity contribution is -0.314. The molecule has 1 heterocycles. The van der Waals surface area contributed by atoms with Crippen molar-refractivity contribution in [2.75, 3.05) is 0 Å². The van der Waals surface area contributed by atoms with E-state index in [0.717, 1.165) is 13.0 Å². The number of phenolic OH excluding ortho intramolecular Hbond substituents is 2. The number of hydrogen-bond acceptors (Lipinski definition) is 11. The minimum atomic E-state index is -2.47. The number of hydrogen-bond donors (Lipinski definition) is 5. The molecule has 1 fully saturated rings. The third-order valence-corrected chi connectivity index (χ3v) is 6.48. The molecule has 0 bridgehead atoms. The van der Waals surface area contributed by atoms with E-state index in [-0.39, 0.29) is 22.3 Å². The highest BCUT2D eigenvalue weighted by molar-refractivity contribution is 6.16. The van der Waals surface area contributed by atoms with Gasteiger partial charge in [-0.3, -0.25) is 9.59 Å². The first-order valence-corrected chi connectivity index (χ1v) is 11.7. The Balaban J connectivity index is 1.95. The second-order valence-electron chi connectivity index (χ2n) is 9.64. The number of carbonyl (C=O) groups is 3. The summed E-state index contributed by atoms with van der Waals surface area (Å²) in [6.07, 6.45) is -8.10. The fraction of sp³-hybridized carbons (Fsp3) is 0.370. The Hall–Kier alpha value is -3.77. The molecule has 11 heteroatoms. The van der Waals surface area contributed by atoms with Gasteiger partial charge in [-0.2, -0.15) is 0 Å². The second kappa shape index (κ2) is 9.84. The number of aryl methyl sites for hydroxylation is 1. The zero-order valence-corrected chi connectivity index (χ0v) is 21.0. The monoisotopic (exact) mass is 528 g/mol. The predicted octanol–water partition coefficient (Wildman–Crippen LogP) is 1.07. The van der Waals surface area contributed by atoms with Crippen molar-refractivity contribution in [3.63, 3.8) is 0 Å². The third-order valence-electron chi connectivity index (χ3n) is 6.48. The van der Waals surface area contributed by atoms with E-state index in [1.165, 1.54) is 30.3 Å². The highest BCUT2D eigenvalue weighted by Gasteiger charge is 2.60. The van der Waals surface area contributed by atoms with Crippen LogP contribution in [-0.2, 0) is 29.4 Å². The van der Waals surface area contributed by atoms with Gasteiger partial charge in [0, 0.05) is 24.1 Å². The Kier molecular flexibility index (Phi) is 7.06. The first-order valence-electron chi connectivity index (χ1n) is 11.7. The van der Waals surface area contributed by atoms with Crippen LogP contribution in [0.1, 0.15) is 53.4 Å². The summed E-state index contributed by atoms with van der Waals surface area (Å²) in [5, 5.41) is 55.8. The summed E-state index contributed by atoms with van der Waals surface area (Å²) in [4.78, 5) is 37.6. The number of benzene rings is 2. The van der Waals surface area contributed by atoms with Crippen LogP contribution in [0.25, 0.3) is 0 Å². The van der Waals surface area contributed by atoms with Gasteiger partial charge in [-0.1, -0.05) is 23.8 Å². The molecule has 0 saturated carbocycles. The molecular formula is C27H28O11. The maximum Gasteiger partial charge on any atom is 0.331 e. The van der Waals surface area contributed by atoms with Crippen molar-refractivity contribution in [1.82, 2.24) is 0 Å². The van der Waals surface area contributed by atoms with E-state index in [4.69, 9.17) is 14.2 Å². The number of ketones is 1. The van der Waals surface area contributed by atoms with Gasteiger partial charge < -0.3 is 39.7 Å². The van der Waals surface area contributed by atoms with Crippen LogP contribution in [0.3, 0.4) is 0 Å². The van der Waals surface area contributed by atoms with Gasteiger partial charge in [-0.15, -0.1) is 0 Å². The van der Waals surface area contributed by atoms with Gasteiger partial charge in [0.2, 0.25) is 12.1 Å². The van der Waals surface area contributed by atoms with Gasteiger partial charge >= 0.3 is 11.9 Å². The van der Waals surface area contributed by atoms with Gasteiger partial charge in [0.05, 0.1) is 11.1 Å². The van der Waals surface area contributed by atoms with Gasteiger partial charge in [-0.25, -0.2) is 4.79 Å². The van der Waals surface area contributed by atoms with Crippen molar-refractivity contribution in [3.05, 3.63) is 69.8 Å². The maximum absolute atomic E-state index is 13.4. The SMILES string of the molecule is CC(=O)O[C@H]1O[C@@H]([C@@]2(O)c3cccc(O)c3C(=O)c3c(O)cc(C)cc32)[C@H](O)[C@@H](OC(=O)C=C(C)C)[C@H]1O. The van der Waals surface area contributed by atoms with Crippen molar-refractivity contribution >= 4 is 17.7 Å². The van der Waals surface area contributed by atoms with E-state index in [2.05, 4.69) is 0 Å². The molecule has 38 heavy (non-hydrogen) atoms. The summed E-state index contributed by atoms with van der Waals surface area (Å²) in [7, 11) is 0. The number of esters is 2. The van der Waals surface area contributed by atoms with Crippen LogP contribution in [0.15, 0.2) is 42.0 Å². The van der Waals surface area contributed by atoms with Crippen LogP contribution >= 0.6 is 0 Å². The van der Waals surface area contributed by atoms with E-state index in [9.17, 15) is 39.9 Å². The number of aliphatic hydroxyl groups is 3. The van der Waals surface area contributed by atoms with Crippen molar-refractivity contribution in [1.29, 1.82) is 0 Å². The second-order valence-corrected chi connectivity index (χ2v) is 9.64. The summed E-state index contributed by atoms with van der Waals surface area (Å²) < 4.78 is 16.1. The summed E-state index contributed by atoms with van der Waals surface area (Å²) in [5.74, 6) is -3.59. The van der Waals surface area contributed by atoms with Crippen LogP contribution in [0.2, 0.25) is 0 Å². The molecular weight excluding hydrogens is 500 g/mol. The van der Waals surface area contributed by atoms with Crippen LogP contribution in [-0.4, -0.2) is 74.0 Å². The lowest BCUT2D eigenvalue weighted by atomic mass is 9.68. The van der Waals surface area contributed by atoms with E-state index in [1.807, 2.05) is 0 Å². The molecule has 0 spiro atoms. The van der Waals surface area contributed by atoms with Crippen LogP contribution < -0.4 is 0 Å². The number of aromatic hydroxyl groups is 2. The molecule has 0 radical (unpaired) electrons. The smallest absolute Gasteiger partial charge is 0.331 e. The number of ether oxygens (including phenoxy) is 3. The molecule has 1 aliphatic carbocycles. The highest BCUT2D eigenvalue weighted by atomic mass is 16.7. The number of allylic oxidation sites excluding steroid dienone is 1. The van der Waals surface area contributed by atoms with Crippen molar-refractivity contribution in [3.8, 4) is 11.5 Å². The zero-order chi connectivity index (χ0) is 28.1. The molecule has 0 amide bonds. The molecule has 1 aliphatic heterocycles. The Labute approximate surface area is 217 Å². The minimum Gasteiger partial charge on any atom is -0.507 e. The quantitative estimate of drug-likeness (QED) is 0.283. The molecule has 5 N–H and O–H groups in total. The van der Waals surface area contributed by atoms with Gasteiger partial charge in [0.25, 0.3) is 0 Å². The van der Waals surface area contributed by atoms with Gasteiger partial charge in [0.1, 0.15) is 29.3 Å². The standard InChI is InChI=1S/C27H28O11/c1-11(2)8-18(31)37-24-22(33)25(38-26(23(24)34)36-13(4)28)27(35)14-6-5-7-16(29)19(14)21(32)20-15(27)9-12(3)10-17(20)30/h5-10,22-26,29-30,33-35H,1-4H3/t22-,23-,24-,25-,26+,27-/m1/s1. The number of aliphatic hydroxyl groups excluding tert-OH is 2. The summed E-state index contributed by atoms with van der Waals surface area (Å²) in [6, 6.07) is 6.57. The topological polar surface area (TPSA) is 180 Å². The molecule has 4 rings (SSSR count). The molecule has 0 aromatic heterocycles.